The van der Waals surface area contributed by atoms with Crippen molar-refractivity contribution in [2.75, 3.05) is 13.2 Å². The largest absolute Gasteiger partial charge is 0.465 e. The van der Waals surface area contributed by atoms with Crippen molar-refractivity contribution in [1.29, 1.82) is 0 Å². The lowest BCUT2D eigenvalue weighted by Crippen LogP contribution is -2.61. The molecule has 236 valence electrons. The summed E-state index contributed by atoms with van der Waals surface area (Å²) >= 11 is 0. The number of carbonyl (C=O) groups excluding carboxylic acids is 2. The topological polar surface area (TPSA) is 52.6 Å². The molecule has 0 atom stereocenters. The summed E-state index contributed by atoms with van der Waals surface area (Å²) in [5.41, 5.74) is 0. The van der Waals surface area contributed by atoms with E-state index in [2.05, 4.69) is 9.47 Å². The minimum absolute atomic E-state index is 0.375. The third-order valence-corrected chi connectivity index (χ3v) is 4.63. The van der Waals surface area contributed by atoms with Gasteiger partial charge in [0.05, 0.1) is 26.1 Å². The van der Waals surface area contributed by atoms with Crippen LogP contribution in [0.1, 0.15) is 19.8 Å². The van der Waals surface area contributed by atoms with Crippen molar-refractivity contribution in [3.8, 4) is 0 Å². The predicted octanol–water partition coefficient (Wildman–Crippen LogP) is 6.98. The molecule has 0 rings (SSSR count). The summed E-state index contributed by atoms with van der Waals surface area (Å²) < 4.78 is 238. The minimum atomic E-state index is -7.27. The Morgan fingerprint density at radius 3 is 1.05 bits per heavy atom. The maximum Gasteiger partial charge on any atom is 0.460 e. The van der Waals surface area contributed by atoms with Gasteiger partial charge in [-0.15, -0.1) is 0 Å². The van der Waals surface area contributed by atoms with Crippen LogP contribution in [0.5, 0.6) is 0 Å². The van der Waals surface area contributed by atoms with Gasteiger partial charge in [-0.2, -0.15) is 79.0 Å². The van der Waals surface area contributed by atoms with Gasteiger partial charge in [0.15, 0.2) is 5.92 Å². The molecule has 22 heteroatoms. The smallest absolute Gasteiger partial charge is 0.460 e. The van der Waals surface area contributed by atoms with Crippen molar-refractivity contribution >= 4 is 11.9 Å². The Hall–Kier alpha value is -2.58. The second-order valence-electron chi connectivity index (χ2n) is 7.54. The van der Waals surface area contributed by atoms with Gasteiger partial charge in [-0.3, -0.25) is 9.59 Å². The average molecular weight is 636 g/mol. The number of alkyl halides is 18. The fraction of sp³-hybridized carbons (Fsp3) is 0.778. The lowest BCUT2D eigenvalue weighted by Gasteiger charge is -2.33. The van der Waals surface area contributed by atoms with E-state index in [1.165, 1.54) is 0 Å². The van der Waals surface area contributed by atoms with Crippen molar-refractivity contribution in [2.24, 2.45) is 5.92 Å². The maximum atomic E-state index is 13.4. The SMILES string of the molecule is CC=CC(C(=O)OCCC(F)(F)C(F)(F)C(F)(F)C(F)(F)F)C(=O)OCCC(F)(F)C(F)(F)C(F)(F)C(F)(F)F. The molecule has 0 heterocycles. The van der Waals surface area contributed by atoms with E-state index in [4.69, 9.17) is 0 Å². The van der Waals surface area contributed by atoms with E-state index >= 15 is 0 Å². The Morgan fingerprint density at radius 2 is 0.825 bits per heavy atom. The zero-order valence-corrected chi connectivity index (χ0v) is 19.0. The van der Waals surface area contributed by atoms with Crippen LogP contribution in [0, 0.1) is 5.92 Å². The molecular weight excluding hydrogens is 622 g/mol. The summed E-state index contributed by atoms with van der Waals surface area (Å²) in [6, 6.07) is 0. The van der Waals surface area contributed by atoms with Gasteiger partial charge in [0.1, 0.15) is 0 Å². The normalized spacial score (nSPS) is 15.1. The molecule has 0 aliphatic heterocycles. The van der Waals surface area contributed by atoms with Gasteiger partial charge in [-0.25, -0.2) is 0 Å². The fourth-order valence-electron chi connectivity index (χ4n) is 2.31. The lowest BCUT2D eigenvalue weighted by molar-refractivity contribution is -0.397. The number of carbonyl (C=O) groups is 2. The Kier molecular flexibility index (Phi) is 11.0. The average Bonchev–Trinajstić information content (AvgIpc) is 2.74. The second-order valence-corrected chi connectivity index (χ2v) is 7.54. The molecule has 4 nitrogen and oxygen atoms in total. The van der Waals surface area contributed by atoms with Gasteiger partial charge in [-0.05, 0) is 6.92 Å². The van der Waals surface area contributed by atoms with Gasteiger partial charge in [0.2, 0.25) is 0 Å². The summed E-state index contributed by atoms with van der Waals surface area (Å²) in [7, 11) is 0. The van der Waals surface area contributed by atoms with Crippen LogP contribution in [-0.2, 0) is 19.1 Å². The molecule has 0 spiro atoms. The Balaban J connectivity index is 5.40. The molecule has 0 aliphatic carbocycles. The Morgan fingerprint density at radius 1 is 0.550 bits per heavy atom. The third kappa shape index (κ3) is 7.19. The van der Waals surface area contributed by atoms with Crippen LogP contribution in [0.15, 0.2) is 12.2 Å². The van der Waals surface area contributed by atoms with Gasteiger partial charge in [0.25, 0.3) is 0 Å². The van der Waals surface area contributed by atoms with Crippen LogP contribution in [0.3, 0.4) is 0 Å². The number of allylic oxidation sites excluding steroid dienone is 1. The first-order valence-corrected chi connectivity index (χ1v) is 9.82. The van der Waals surface area contributed by atoms with Crippen molar-refractivity contribution < 1.29 is 98.1 Å². The second kappa shape index (κ2) is 11.7. The third-order valence-electron chi connectivity index (χ3n) is 4.63. The molecule has 0 saturated heterocycles. The number of esters is 2. The molecule has 40 heavy (non-hydrogen) atoms. The number of halogens is 18. The molecule has 0 N–H and O–H groups in total. The molecular formula is C18H14F18O4. The van der Waals surface area contributed by atoms with Crippen LogP contribution >= 0.6 is 0 Å². The first-order chi connectivity index (χ1) is 17.5. The summed E-state index contributed by atoms with van der Waals surface area (Å²) in [6.07, 6.45) is -18.6. The molecule has 0 amide bonds. The van der Waals surface area contributed by atoms with Crippen LogP contribution in [0.4, 0.5) is 79.0 Å². The minimum Gasteiger partial charge on any atom is -0.465 e. The van der Waals surface area contributed by atoms with E-state index in [-0.39, 0.29) is 0 Å². The maximum absolute atomic E-state index is 13.4. The van der Waals surface area contributed by atoms with Crippen LogP contribution in [0.25, 0.3) is 0 Å². The first kappa shape index (κ1) is 37.4. The van der Waals surface area contributed by atoms with E-state index in [1.54, 1.807) is 0 Å². The summed E-state index contributed by atoms with van der Waals surface area (Å²) in [5.74, 6) is -47.9. The quantitative estimate of drug-likeness (QED) is 0.0948. The lowest BCUT2D eigenvalue weighted by atomic mass is 10.0. The number of hydrogen-bond donors (Lipinski definition) is 0. The van der Waals surface area contributed by atoms with Crippen LogP contribution < -0.4 is 0 Å². The molecule has 0 saturated carbocycles. The van der Waals surface area contributed by atoms with Gasteiger partial charge in [-0.1, -0.05) is 12.2 Å². The molecule has 0 unspecified atom stereocenters. The van der Waals surface area contributed by atoms with E-state index in [9.17, 15) is 88.6 Å². The van der Waals surface area contributed by atoms with E-state index < -0.39 is 91.8 Å². The number of ether oxygens (including phenoxy) is 2. The molecule has 0 aromatic rings. The van der Waals surface area contributed by atoms with Crippen LogP contribution in [-0.4, -0.2) is 73.0 Å². The highest BCUT2D eigenvalue weighted by atomic mass is 19.4. The van der Waals surface area contributed by atoms with Gasteiger partial charge < -0.3 is 9.47 Å². The van der Waals surface area contributed by atoms with E-state index in [1.807, 2.05) is 0 Å². The Labute approximate surface area is 210 Å². The van der Waals surface area contributed by atoms with E-state index in [0.717, 1.165) is 13.0 Å². The highest BCUT2D eigenvalue weighted by Gasteiger charge is 2.82. The molecule has 0 aromatic heterocycles. The molecule has 0 aliphatic rings. The van der Waals surface area contributed by atoms with Gasteiger partial charge >= 0.3 is 59.8 Å². The standard InChI is InChI=1S/C18H14F18O4/c1-2-3-8(9(37)39-6-4-11(19,20)13(23,24)15(27,28)17(31,32)33)10(38)40-7-5-12(21,22)14(25,26)16(29,30)18(34,35)36/h2-3,8H,4-7H2,1H3. The predicted molar refractivity (Wildman–Crippen MR) is 91.2 cm³/mol. The summed E-state index contributed by atoms with van der Waals surface area (Å²) in [4.78, 5) is 23.6. The van der Waals surface area contributed by atoms with Crippen molar-refractivity contribution in [1.82, 2.24) is 0 Å². The summed E-state index contributed by atoms with van der Waals surface area (Å²) in [6.45, 7) is -3.17. The fourth-order valence-corrected chi connectivity index (χ4v) is 2.31. The Bertz CT molecular complexity index is 851. The summed E-state index contributed by atoms with van der Waals surface area (Å²) in [5, 5.41) is 0. The van der Waals surface area contributed by atoms with E-state index in [0.29, 0.717) is 6.08 Å². The highest BCUT2D eigenvalue weighted by Crippen LogP contribution is 2.55. The van der Waals surface area contributed by atoms with Crippen molar-refractivity contribution in [3.63, 3.8) is 0 Å². The zero-order valence-electron chi connectivity index (χ0n) is 19.0. The molecule has 0 aromatic carbocycles. The first-order valence-electron chi connectivity index (χ1n) is 9.82. The van der Waals surface area contributed by atoms with Crippen LogP contribution in [0.2, 0.25) is 0 Å². The molecule has 0 radical (unpaired) electrons. The monoisotopic (exact) mass is 636 g/mol. The highest BCUT2D eigenvalue weighted by molar-refractivity contribution is 5.97. The molecule has 0 fully saturated rings. The number of hydrogen-bond acceptors (Lipinski definition) is 4. The van der Waals surface area contributed by atoms with Crippen molar-refractivity contribution in [3.05, 3.63) is 12.2 Å². The van der Waals surface area contributed by atoms with Gasteiger partial charge in [0, 0.05) is 0 Å². The van der Waals surface area contributed by atoms with Crippen molar-refractivity contribution in [2.45, 2.75) is 67.7 Å². The zero-order chi connectivity index (χ0) is 32.4. The number of rotatable bonds is 13. The molecule has 0 bridgehead atoms.